The van der Waals surface area contributed by atoms with Crippen molar-refractivity contribution in [3.63, 3.8) is 0 Å². The zero-order valence-corrected chi connectivity index (χ0v) is 30.7. The molecule has 11 heteroatoms. The Kier molecular flexibility index (Phi) is 9.42. The molecular weight excluding hydrogens is 689 g/mol. The molecular formula is C44H38N8O3. The summed E-state index contributed by atoms with van der Waals surface area (Å²) in [5.74, 6) is 0.527. The summed E-state index contributed by atoms with van der Waals surface area (Å²) in [5.41, 5.74) is 9.10. The molecule has 2 aromatic heterocycles. The molecule has 3 amide bonds. The summed E-state index contributed by atoms with van der Waals surface area (Å²) in [5, 5.41) is 6.17. The maximum Gasteiger partial charge on any atom is 0.330 e. The standard InChI is InChI=1S/C44H38N8O3/c1-27-14-17-34(23-38(27)52-26-33-24-46-43(50-41(33)51(3)44(52)55)48-35-18-15-28(2)45-25-35)47-42(54)31-16-19-36-32(21-31)22-39(53)37(20-29-10-6-4-7-11-29)49-40(36)30-12-8-5-9-13-30/h4-19,21,23-25,37H,20,22,26H2,1-3H3,(H,47,54)(H,46,48,50)/t37-/m1/s1. The largest absolute Gasteiger partial charge is 0.330 e. The fraction of sp³-hybridized carbons (Fsp3) is 0.159. The van der Waals surface area contributed by atoms with Crippen LogP contribution in [0.4, 0.5) is 33.6 Å². The predicted octanol–water partition coefficient (Wildman–Crippen LogP) is 7.63. The van der Waals surface area contributed by atoms with Crippen LogP contribution >= 0.6 is 0 Å². The predicted molar refractivity (Wildman–Crippen MR) is 215 cm³/mol. The van der Waals surface area contributed by atoms with Crippen LogP contribution in [-0.2, 0) is 24.2 Å². The molecule has 0 radical (unpaired) electrons. The smallest absolute Gasteiger partial charge is 0.323 e. The summed E-state index contributed by atoms with van der Waals surface area (Å²) < 4.78 is 0. The van der Waals surface area contributed by atoms with E-state index in [9.17, 15) is 14.4 Å². The molecule has 11 nitrogen and oxygen atoms in total. The van der Waals surface area contributed by atoms with Gasteiger partial charge in [0.05, 0.1) is 29.8 Å². The van der Waals surface area contributed by atoms with E-state index in [1.807, 2.05) is 105 Å². The molecule has 2 N–H and O–H groups in total. The summed E-state index contributed by atoms with van der Waals surface area (Å²) in [7, 11) is 1.68. The van der Waals surface area contributed by atoms with E-state index in [-0.39, 0.29) is 30.7 Å². The number of urea groups is 1. The second-order valence-corrected chi connectivity index (χ2v) is 13.8. The molecule has 1 atom stereocenters. The number of hydrogen-bond acceptors (Lipinski definition) is 8. The lowest BCUT2D eigenvalue weighted by molar-refractivity contribution is -0.119. The van der Waals surface area contributed by atoms with Crippen molar-refractivity contribution >= 4 is 52.3 Å². The lowest BCUT2D eigenvalue weighted by Crippen LogP contribution is -2.46. The van der Waals surface area contributed by atoms with Gasteiger partial charge in [-0.1, -0.05) is 72.8 Å². The zero-order chi connectivity index (χ0) is 38.1. The minimum Gasteiger partial charge on any atom is -0.323 e. The Balaban J connectivity index is 1.03. The number of fused-ring (bicyclic) bond motifs is 2. The number of aliphatic imine (C=N–C) groups is 1. The van der Waals surface area contributed by atoms with Crippen molar-refractivity contribution < 1.29 is 14.4 Å². The minimum absolute atomic E-state index is 0.00374. The Labute approximate surface area is 318 Å². The minimum atomic E-state index is -0.557. The van der Waals surface area contributed by atoms with Gasteiger partial charge >= 0.3 is 6.03 Å². The molecule has 8 rings (SSSR count). The molecule has 55 heavy (non-hydrogen) atoms. The van der Waals surface area contributed by atoms with E-state index in [0.29, 0.717) is 35.1 Å². The molecule has 0 saturated carbocycles. The summed E-state index contributed by atoms with van der Waals surface area (Å²) in [6.07, 6.45) is 4.06. The number of nitrogens with one attached hydrogen (secondary N) is 2. The Morgan fingerprint density at radius 2 is 1.58 bits per heavy atom. The number of rotatable bonds is 8. The van der Waals surface area contributed by atoms with Crippen molar-refractivity contribution in [1.29, 1.82) is 0 Å². The van der Waals surface area contributed by atoms with E-state index in [2.05, 4.69) is 25.6 Å². The normalized spacial score (nSPS) is 15.1. The van der Waals surface area contributed by atoms with Crippen molar-refractivity contribution in [2.45, 2.75) is 39.3 Å². The van der Waals surface area contributed by atoms with Crippen molar-refractivity contribution in [2.24, 2.45) is 4.99 Å². The number of aromatic nitrogens is 3. The van der Waals surface area contributed by atoms with Gasteiger partial charge in [0.2, 0.25) is 5.95 Å². The topological polar surface area (TPSA) is 133 Å². The van der Waals surface area contributed by atoms with Gasteiger partial charge in [0.15, 0.2) is 5.78 Å². The highest BCUT2D eigenvalue weighted by Crippen LogP contribution is 2.34. The number of carbonyl (C=O) groups is 3. The van der Waals surface area contributed by atoms with Gasteiger partial charge in [-0.05, 0) is 66.9 Å². The maximum absolute atomic E-state index is 13.8. The van der Waals surface area contributed by atoms with Crippen molar-refractivity contribution in [2.75, 3.05) is 27.5 Å². The van der Waals surface area contributed by atoms with Gasteiger partial charge < -0.3 is 10.6 Å². The van der Waals surface area contributed by atoms with Gasteiger partial charge in [-0.3, -0.25) is 29.4 Å². The number of Topliss-reactive ketones (excluding diaryl/α,β-unsaturated/α-hetero) is 1. The van der Waals surface area contributed by atoms with Gasteiger partial charge in [0, 0.05) is 59.7 Å². The number of carbonyl (C=O) groups excluding carboxylic acids is 3. The molecule has 0 aliphatic carbocycles. The first-order valence-corrected chi connectivity index (χ1v) is 18.1. The Morgan fingerprint density at radius 1 is 0.818 bits per heavy atom. The number of ketones is 1. The van der Waals surface area contributed by atoms with E-state index in [1.165, 1.54) is 4.90 Å². The Bertz CT molecular complexity index is 2470. The number of benzene rings is 4. The average Bonchev–Trinajstić information content (AvgIpc) is 3.34. The summed E-state index contributed by atoms with van der Waals surface area (Å²) in [6.45, 7) is 4.08. The maximum atomic E-state index is 13.8. The summed E-state index contributed by atoms with van der Waals surface area (Å²) in [6, 6.07) is 33.6. The van der Waals surface area contributed by atoms with Crippen LogP contribution in [0.2, 0.25) is 0 Å². The van der Waals surface area contributed by atoms with E-state index < -0.39 is 6.04 Å². The molecule has 272 valence electrons. The number of anilines is 5. The van der Waals surface area contributed by atoms with Crippen LogP contribution in [0, 0.1) is 13.8 Å². The van der Waals surface area contributed by atoms with E-state index in [0.717, 1.165) is 50.5 Å². The lowest BCUT2D eigenvalue weighted by atomic mass is 9.93. The van der Waals surface area contributed by atoms with E-state index in [4.69, 9.17) is 4.99 Å². The van der Waals surface area contributed by atoms with Crippen LogP contribution < -0.4 is 20.4 Å². The van der Waals surface area contributed by atoms with Crippen molar-refractivity contribution in [3.8, 4) is 0 Å². The van der Waals surface area contributed by atoms with E-state index >= 15 is 0 Å². The highest BCUT2D eigenvalue weighted by Gasteiger charge is 2.32. The molecule has 0 bridgehead atoms. The molecule has 0 unspecified atom stereocenters. The first-order valence-electron chi connectivity index (χ1n) is 18.1. The van der Waals surface area contributed by atoms with Crippen molar-refractivity contribution in [1.82, 2.24) is 15.0 Å². The number of pyridine rings is 1. The van der Waals surface area contributed by atoms with Gasteiger partial charge in [0.25, 0.3) is 5.91 Å². The third-order valence-corrected chi connectivity index (χ3v) is 9.89. The van der Waals surface area contributed by atoms with Crippen molar-refractivity contribution in [3.05, 3.63) is 166 Å². The summed E-state index contributed by atoms with van der Waals surface area (Å²) in [4.78, 5) is 62.9. The average molecular weight is 727 g/mol. The molecule has 0 fully saturated rings. The first kappa shape index (κ1) is 35.0. The molecule has 0 saturated heterocycles. The zero-order valence-electron chi connectivity index (χ0n) is 30.7. The highest BCUT2D eigenvalue weighted by molar-refractivity contribution is 6.17. The van der Waals surface area contributed by atoms with Gasteiger partial charge in [-0.15, -0.1) is 0 Å². The molecule has 2 aliphatic heterocycles. The molecule has 0 spiro atoms. The van der Waals surface area contributed by atoms with Crippen LogP contribution in [0.1, 0.15) is 49.4 Å². The van der Waals surface area contributed by atoms with Gasteiger partial charge in [-0.25, -0.2) is 9.78 Å². The number of aryl methyl sites for hydroxylation is 2. The van der Waals surface area contributed by atoms with Crippen LogP contribution in [0.5, 0.6) is 0 Å². The van der Waals surface area contributed by atoms with Crippen LogP contribution in [0.15, 0.2) is 127 Å². The summed E-state index contributed by atoms with van der Waals surface area (Å²) >= 11 is 0. The molecule has 6 aromatic rings. The van der Waals surface area contributed by atoms with E-state index in [1.54, 1.807) is 42.5 Å². The second kappa shape index (κ2) is 14.8. The second-order valence-electron chi connectivity index (χ2n) is 13.8. The fourth-order valence-electron chi connectivity index (χ4n) is 6.95. The van der Waals surface area contributed by atoms with Gasteiger partial charge in [0.1, 0.15) is 11.9 Å². The third-order valence-electron chi connectivity index (χ3n) is 9.89. The monoisotopic (exact) mass is 726 g/mol. The van der Waals surface area contributed by atoms with Gasteiger partial charge in [-0.2, -0.15) is 4.98 Å². The lowest BCUT2D eigenvalue weighted by Gasteiger charge is -2.35. The molecule has 4 heterocycles. The van der Waals surface area contributed by atoms with Crippen LogP contribution in [-0.4, -0.2) is 51.5 Å². The third kappa shape index (κ3) is 7.32. The molecule has 4 aromatic carbocycles. The van der Waals surface area contributed by atoms with Crippen LogP contribution in [0.3, 0.4) is 0 Å². The highest BCUT2D eigenvalue weighted by atomic mass is 16.2. The number of hydrogen-bond donors (Lipinski definition) is 2. The number of amides is 3. The Hall–Kier alpha value is -7.01. The first-order chi connectivity index (χ1) is 26.7. The molecule has 2 aliphatic rings. The van der Waals surface area contributed by atoms with Crippen LogP contribution in [0.25, 0.3) is 0 Å². The quantitative estimate of drug-likeness (QED) is 0.165. The SMILES string of the molecule is Cc1ccc(Nc2ncc3c(n2)N(C)C(=O)N(c2cc(NC(=O)c4ccc5c(c4)CC(=O)[C@@H](Cc4ccccc4)N=C5c4ccccc4)ccc2C)C3)cn1. The fourth-order valence-corrected chi connectivity index (χ4v) is 6.95. The Morgan fingerprint density at radius 3 is 2.35 bits per heavy atom. The number of nitrogens with zero attached hydrogens (tertiary/aromatic N) is 6.